The van der Waals surface area contributed by atoms with Gasteiger partial charge in [0.05, 0.1) is 0 Å². The van der Waals surface area contributed by atoms with E-state index in [9.17, 15) is 4.79 Å². The van der Waals surface area contributed by atoms with Crippen molar-refractivity contribution in [3.63, 3.8) is 0 Å². The summed E-state index contributed by atoms with van der Waals surface area (Å²) in [4.78, 5) is 22.5. The molecule has 0 saturated heterocycles. The van der Waals surface area contributed by atoms with Gasteiger partial charge in [-0.15, -0.1) is 0 Å². The van der Waals surface area contributed by atoms with Crippen LogP contribution >= 0.6 is 34.7 Å². The Labute approximate surface area is 153 Å². The van der Waals surface area contributed by atoms with Crippen molar-refractivity contribution in [2.45, 2.75) is 12.5 Å². The number of halogens is 1. The van der Waals surface area contributed by atoms with Crippen molar-refractivity contribution in [2.75, 3.05) is 24.0 Å². The van der Waals surface area contributed by atoms with E-state index in [2.05, 4.69) is 9.97 Å². The summed E-state index contributed by atoms with van der Waals surface area (Å²) in [5, 5.41) is 1.62. The molecule has 0 N–H and O–H groups in total. The molecule has 1 aliphatic rings. The second-order valence-electron chi connectivity index (χ2n) is 5.22. The first-order valence-corrected chi connectivity index (χ1v) is 9.89. The molecule has 3 heterocycles. The molecule has 126 valence electrons. The van der Waals surface area contributed by atoms with E-state index in [-0.39, 0.29) is 12.0 Å². The second kappa shape index (κ2) is 7.55. The molecule has 24 heavy (non-hydrogen) atoms. The minimum atomic E-state index is -0.207. The molecule has 0 fully saturated rings. The fourth-order valence-corrected chi connectivity index (χ4v) is 4.17. The summed E-state index contributed by atoms with van der Waals surface area (Å²) >= 11 is 9.30. The van der Waals surface area contributed by atoms with Crippen LogP contribution in [0.25, 0.3) is 10.6 Å². The largest absolute Gasteiger partial charge is 0.484 e. The SMILES string of the molecule is CSCC1CC=C(C(=O)N(C)c2sc(-c3cccnc3)nc2Cl)O1. The van der Waals surface area contributed by atoms with Crippen molar-refractivity contribution in [1.29, 1.82) is 0 Å². The average molecular weight is 382 g/mol. The average Bonchev–Trinajstić information content (AvgIpc) is 3.21. The summed E-state index contributed by atoms with van der Waals surface area (Å²) < 4.78 is 5.72. The Morgan fingerprint density at radius 3 is 3.12 bits per heavy atom. The van der Waals surface area contributed by atoms with E-state index < -0.39 is 0 Å². The fourth-order valence-electron chi connectivity index (χ4n) is 2.31. The normalized spacial score (nSPS) is 16.6. The lowest BCUT2D eigenvalue weighted by Gasteiger charge is -2.17. The van der Waals surface area contributed by atoms with Crippen LogP contribution in [0.3, 0.4) is 0 Å². The summed E-state index contributed by atoms with van der Waals surface area (Å²) in [6.45, 7) is 0. The van der Waals surface area contributed by atoms with Crippen LogP contribution in [-0.2, 0) is 9.53 Å². The molecule has 3 rings (SSSR count). The molecular formula is C16H16ClN3O2S2. The molecule has 0 aliphatic carbocycles. The predicted octanol–water partition coefficient (Wildman–Crippen LogP) is 3.86. The van der Waals surface area contributed by atoms with Crippen LogP contribution in [0.5, 0.6) is 0 Å². The van der Waals surface area contributed by atoms with Crippen LogP contribution in [0.4, 0.5) is 5.00 Å². The smallest absolute Gasteiger partial charge is 0.293 e. The van der Waals surface area contributed by atoms with Crippen molar-refractivity contribution < 1.29 is 9.53 Å². The molecule has 2 aromatic rings. The molecule has 5 nitrogen and oxygen atoms in total. The van der Waals surface area contributed by atoms with Gasteiger partial charge in [-0.2, -0.15) is 11.8 Å². The van der Waals surface area contributed by atoms with E-state index in [0.717, 1.165) is 22.7 Å². The molecule has 0 bridgehead atoms. The number of thiazole rings is 1. The number of carbonyl (C=O) groups is 1. The number of hydrogen-bond donors (Lipinski definition) is 0. The number of hydrogen-bond acceptors (Lipinski definition) is 6. The van der Waals surface area contributed by atoms with Crippen molar-refractivity contribution in [1.82, 2.24) is 9.97 Å². The van der Waals surface area contributed by atoms with E-state index in [1.54, 1.807) is 31.2 Å². The molecule has 0 saturated carbocycles. The first-order valence-electron chi connectivity index (χ1n) is 7.30. The number of ether oxygens (including phenoxy) is 1. The molecule has 1 aliphatic heterocycles. The summed E-state index contributed by atoms with van der Waals surface area (Å²) in [5.74, 6) is 1.04. The number of amides is 1. The minimum Gasteiger partial charge on any atom is -0.484 e. The summed E-state index contributed by atoms with van der Waals surface area (Å²) in [7, 11) is 1.68. The molecule has 1 unspecified atom stereocenters. The maximum atomic E-state index is 12.6. The van der Waals surface area contributed by atoms with Gasteiger partial charge in [0.2, 0.25) is 0 Å². The first kappa shape index (κ1) is 17.3. The van der Waals surface area contributed by atoms with Gasteiger partial charge >= 0.3 is 0 Å². The molecule has 8 heteroatoms. The number of carbonyl (C=O) groups excluding carboxylic acids is 1. The highest BCUT2D eigenvalue weighted by Gasteiger charge is 2.28. The zero-order valence-electron chi connectivity index (χ0n) is 13.2. The number of aromatic nitrogens is 2. The second-order valence-corrected chi connectivity index (χ2v) is 7.47. The molecule has 1 amide bonds. The van der Waals surface area contributed by atoms with E-state index in [4.69, 9.17) is 16.3 Å². The highest BCUT2D eigenvalue weighted by atomic mass is 35.5. The lowest BCUT2D eigenvalue weighted by atomic mass is 10.3. The minimum absolute atomic E-state index is 0.0650. The number of likely N-dealkylation sites (N-methyl/N-ethyl adjacent to an activating group) is 1. The van der Waals surface area contributed by atoms with Gasteiger partial charge in [-0.3, -0.25) is 14.7 Å². The van der Waals surface area contributed by atoms with E-state index in [0.29, 0.717) is 15.9 Å². The Hall–Kier alpha value is -1.57. The number of pyridine rings is 1. The van der Waals surface area contributed by atoms with Gasteiger partial charge in [0.15, 0.2) is 10.9 Å². The van der Waals surface area contributed by atoms with Crippen LogP contribution in [0.15, 0.2) is 36.4 Å². The van der Waals surface area contributed by atoms with Crippen LogP contribution < -0.4 is 4.90 Å². The predicted molar refractivity (Wildman–Crippen MR) is 99.7 cm³/mol. The Morgan fingerprint density at radius 2 is 2.42 bits per heavy atom. The lowest BCUT2D eigenvalue weighted by Crippen LogP contribution is -2.28. The molecule has 0 spiro atoms. The van der Waals surface area contributed by atoms with E-state index >= 15 is 0 Å². The maximum Gasteiger partial charge on any atom is 0.293 e. The third-order valence-corrected chi connectivity index (χ3v) is 5.77. The quantitative estimate of drug-likeness (QED) is 0.787. The van der Waals surface area contributed by atoms with Gasteiger partial charge in [-0.25, -0.2) is 4.98 Å². The summed E-state index contributed by atoms with van der Waals surface area (Å²) in [6, 6.07) is 3.74. The number of nitrogens with zero attached hydrogens (tertiary/aromatic N) is 3. The molecule has 0 radical (unpaired) electrons. The Bertz CT molecular complexity index is 764. The van der Waals surface area contributed by atoms with Crippen molar-refractivity contribution in [3.05, 3.63) is 41.5 Å². The number of rotatable bonds is 5. The van der Waals surface area contributed by atoms with Gasteiger partial charge < -0.3 is 4.74 Å². The van der Waals surface area contributed by atoms with Crippen LogP contribution in [0.1, 0.15) is 6.42 Å². The highest BCUT2D eigenvalue weighted by molar-refractivity contribution is 7.98. The van der Waals surface area contributed by atoms with Gasteiger partial charge in [0, 0.05) is 37.2 Å². The molecule has 0 aromatic carbocycles. The third kappa shape index (κ3) is 3.58. The van der Waals surface area contributed by atoms with Crippen LogP contribution in [-0.4, -0.2) is 41.0 Å². The highest BCUT2D eigenvalue weighted by Crippen LogP contribution is 2.37. The topological polar surface area (TPSA) is 55.3 Å². The fraction of sp³-hybridized carbons (Fsp3) is 0.312. The third-order valence-electron chi connectivity index (χ3n) is 3.51. The number of thioether (sulfide) groups is 1. The van der Waals surface area contributed by atoms with Crippen molar-refractivity contribution >= 4 is 45.6 Å². The first-order chi connectivity index (χ1) is 11.6. The van der Waals surface area contributed by atoms with Gasteiger partial charge in [0.25, 0.3) is 5.91 Å². The zero-order valence-corrected chi connectivity index (χ0v) is 15.6. The zero-order chi connectivity index (χ0) is 17.1. The van der Waals surface area contributed by atoms with Crippen molar-refractivity contribution in [3.8, 4) is 10.6 Å². The van der Waals surface area contributed by atoms with E-state index in [1.165, 1.54) is 16.2 Å². The number of anilines is 1. The van der Waals surface area contributed by atoms with Gasteiger partial charge in [0.1, 0.15) is 16.1 Å². The monoisotopic (exact) mass is 381 g/mol. The van der Waals surface area contributed by atoms with Gasteiger partial charge in [-0.1, -0.05) is 22.9 Å². The molecule has 1 atom stereocenters. The van der Waals surface area contributed by atoms with Crippen LogP contribution in [0.2, 0.25) is 5.15 Å². The molecular weight excluding hydrogens is 366 g/mol. The van der Waals surface area contributed by atoms with Gasteiger partial charge in [-0.05, 0) is 24.5 Å². The maximum absolute atomic E-state index is 12.6. The van der Waals surface area contributed by atoms with Crippen LogP contribution in [0, 0.1) is 0 Å². The summed E-state index contributed by atoms with van der Waals surface area (Å²) in [5.41, 5.74) is 0.868. The lowest BCUT2D eigenvalue weighted by molar-refractivity contribution is -0.118. The molecule has 2 aromatic heterocycles. The summed E-state index contributed by atoms with van der Waals surface area (Å²) in [6.07, 6.45) is 8.10. The van der Waals surface area contributed by atoms with E-state index in [1.807, 2.05) is 24.5 Å². The van der Waals surface area contributed by atoms with Crippen molar-refractivity contribution in [2.24, 2.45) is 0 Å². The Kier molecular flexibility index (Phi) is 5.43. The Balaban J connectivity index is 1.77. The standard InChI is InChI=1S/C16H16ClN3O2S2/c1-20(15(21)12-6-5-11(22-12)9-23-2)16-13(17)19-14(24-16)10-4-3-7-18-8-10/h3-4,6-8,11H,5,9H2,1-2H3. The Morgan fingerprint density at radius 1 is 1.58 bits per heavy atom.